The Hall–Kier alpha value is -2.22. The second-order valence-electron chi connectivity index (χ2n) is 4.26. The third kappa shape index (κ3) is 3.64. The third-order valence-electron chi connectivity index (χ3n) is 2.69. The minimum absolute atomic E-state index is 0.0970. The van der Waals surface area contributed by atoms with Crippen LogP contribution in [-0.2, 0) is 22.7 Å². The van der Waals surface area contributed by atoms with Gasteiger partial charge >= 0.3 is 5.97 Å². The number of aromatic nitrogens is 3. The first-order valence-electron chi connectivity index (χ1n) is 5.98. The molecule has 2 rings (SSSR count). The van der Waals surface area contributed by atoms with Crippen LogP contribution in [0.15, 0.2) is 23.7 Å². The maximum atomic E-state index is 11.9. The summed E-state index contributed by atoms with van der Waals surface area (Å²) in [6.07, 6.45) is 1.50. The van der Waals surface area contributed by atoms with Gasteiger partial charge in [0, 0.05) is 4.88 Å². The van der Waals surface area contributed by atoms with Gasteiger partial charge in [-0.2, -0.15) is 0 Å². The Labute approximate surface area is 119 Å². The summed E-state index contributed by atoms with van der Waals surface area (Å²) < 4.78 is 1.21. The Balaban J connectivity index is 1.87. The Morgan fingerprint density at radius 1 is 1.55 bits per heavy atom. The number of aliphatic carboxylic acids is 1. The first-order chi connectivity index (χ1) is 9.56. The molecule has 2 heterocycles. The third-order valence-corrected chi connectivity index (χ3v) is 3.75. The molecule has 2 aromatic heterocycles. The summed E-state index contributed by atoms with van der Waals surface area (Å²) in [5, 5.41) is 20.8. The Morgan fingerprint density at radius 3 is 3.00 bits per heavy atom. The molecule has 0 fully saturated rings. The van der Waals surface area contributed by atoms with Gasteiger partial charge in [-0.05, 0) is 18.4 Å². The van der Waals surface area contributed by atoms with Crippen LogP contribution in [0.25, 0.3) is 0 Å². The summed E-state index contributed by atoms with van der Waals surface area (Å²) in [6.45, 7) is 1.82. The standard InChI is InChI=1S/C12H14N4O3S/c1-8(10-3-2-4-20-10)12(19)13-5-9-6-16(15-14-9)7-11(17)18/h2-4,6,8H,5,7H2,1H3,(H,13,19)(H,17,18). The van der Waals surface area contributed by atoms with Crippen molar-refractivity contribution in [3.8, 4) is 0 Å². The second-order valence-corrected chi connectivity index (χ2v) is 5.24. The van der Waals surface area contributed by atoms with E-state index in [9.17, 15) is 9.59 Å². The molecule has 1 unspecified atom stereocenters. The minimum atomic E-state index is -0.989. The molecule has 7 nitrogen and oxygen atoms in total. The molecular weight excluding hydrogens is 280 g/mol. The summed E-state index contributed by atoms with van der Waals surface area (Å²) in [7, 11) is 0. The fourth-order valence-corrected chi connectivity index (χ4v) is 2.42. The van der Waals surface area contributed by atoms with Crippen LogP contribution in [0.5, 0.6) is 0 Å². The fraction of sp³-hybridized carbons (Fsp3) is 0.333. The lowest BCUT2D eigenvalue weighted by Gasteiger charge is -2.09. The van der Waals surface area contributed by atoms with Gasteiger partial charge in [0.1, 0.15) is 12.2 Å². The molecule has 2 aromatic rings. The van der Waals surface area contributed by atoms with Gasteiger partial charge in [0.15, 0.2) is 0 Å². The summed E-state index contributed by atoms with van der Waals surface area (Å²) in [5.74, 6) is -1.30. The van der Waals surface area contributed by atoms with E-state index in [4.69, 9.17) is 5.11 Å². The number of amides is 1. The normalized spacial score (nSPS) is 12.1. The van der Waals surface area contributed by atoms with Gasteiger partial charge in [-0.25, -0.2) is 4.68 Å². The molecule has 1 amide bonds. The molecule has 0 saturated heterocycles. The quantitative estimate of drug-likeness (QED) is 0.823. The van der Waals surface area contributed by atoms with Gasteiger partial charge in [-0.3, -0.25) is 9.59 Å². The van der Waals surface area contributed by atoms with Crippen molar-refractivity contribution in [2.24, 2.45) is 0 Å². The summed E-state index contributed by atoms with van der Waals surface area (Å²) in [6, 6.07) is 3.82. The number of nitrogens with zero attached hydrogens (tertiary/aromatic N) is 3. The molecule has 1 atom stereocenters. The van der Waals surface area contributed by atoms with Gasteiger partial charge in [-0.15, -0.1) is 16.4 Å². The summed E-state index contributed by atoms with van der Waals surface area (Å²) in [5.41, 5.74) is 0.526. The zero-order valence-electron chi connectivity index (χ0n) is 10.8. The number of thiophene rings is 1. The van der Waals surface area contributed by atoms with Crippen molar-refractivity contribution in [1.82, 2.24) is 20.3 Å². The van der Waals surface area contributed by atoms with Crippen LogP contribution in [0.2, 0.25) is 0 Å². The van der Waals surface area contributed by atoms with Gasteiger partial charge < -0.3 is 10.4 Å². The van der Waals surface area contributed by atoms with Gasteiger partial charge in [0.25, 0.3) is 0 Å². The predicted octanol–water partition coefficient (Wildman–Crippen LogP) is 0.844. The van der Waals surface area contributed by atoms with Crippen molar-refractivity contribution < 1.29 is 14.7 Å². The van der Waals surface area contributed by atoms with Crippen molar-refractivity contribution in [3.05, 3.63) is 34.3 Å². The smallest absolute Gasteiger partial charge is 0.325 e. The number of carboxylic acids is 1. The molecule has 8 heteroatoms. The average molecular weight is 294 g/mol. The number of carbonyl (C=O) groups is 2. The van der Waals surface area contributed by atoms with Crippen molar-refractivity contribution in [2.75, 3.05) is 0 Å². The lowest BCUT2D eigenvalue weighted by atomic mass is 10.1. The predicted molar refractivity (Wildman–Crippen MR) is 72.2 cm³/mol. The molecule has 106 valence electrons. The monoisotopic (exact) mass is 294 g/mol. The van der Waals surface area contributed by atoms with Gasteiger partial charge in [-0.1, -0.05) is 11.3 Å². The fourth-order valence-electron chi connectivity index (χ4n) is 1.63. The van der Waals surface area contributed by atoms with Crippen molar-refractivity contribution in [2.45, 2.75) is 25.9 Å². The topological polar surface area (TPSA) is 97.1 Å². The van der Waals surface area contributed by atoms with Crippen molar-refractivity contribution in [3.63, 3.8) is 0 Å². The van der Waals surface area contributed by atoms with E-state index < -0.39 is 5.97 Å². The van der Waals surface area contributed by atoms with E-state index >= 15 is 0 Å². The summed E-state index contributed by atoms with van der Waals surface area (Å²) >= 11 is 1.53. The SMILES string of the molecule is CC(C(=O)NCc1cn(CC(=O)O)nn1)c1cccs1. The van der Waals surface area contributed by atoms with E-state index in [0.29, 0.717) is 5.69 Å². The van der Waals surface area contributed by atoms with Gasteiger partial charge in [0.05, 0.1) is 18.7 Å². The second kappa shape index (κ2) is 6.29. The zero-order valence-corrected chi connectivity index (χ0v) is 11.6. The van der Waals surface area contributed by atoms with Crippen LogP contribution >= 0.6 is 11.3 Å². The first-order valence-corrected chi connectivity index (χ1v) is 6.86. The highest BCUT2D eigenvalue weighted by Gasteiger charge is 2.16. The molecule has 20 heavy (non-hydrogen) atoms. The summed E-state index contributed by atoms with van der Waals surface area (Å²) in [4.78, 5) is 23.5. The lowest BCUT2D eigenvalue weighted by Crippen LogP contribution is -2.27. The first kappa shape index (κ1) is 14.2. The van der Waals surface area contributed by atoms with E-state index in [0.717, 1.165) is 4.88 Å². The van der Waals surface area contributed by atoms with Crippen molar-refractivity contribution >= 4 is 23.2 Å². The largest absolute Gasteiger partial charge is 0.480 e. The molecule has 0 bridgehead atoms. The average Bonchev–Trinajstić information content (AvgIpc) is 3.05. The number of hydrogen-bond acceptors (Lipinski definition) is 5. The minimum Gasteiger partial charge on any atom is -0.480 e. The number of carboxylic acid groups (broad SMARTS) is 1. The van der Waals surface area contributed by atoms with Gasteiger partial charge in [0.2, 0.25) is 5.91 Å². The Morgan fingerprint density at radius 2 is 2.35 bits per heavy atom. The van der Waals surface area contributed by atoms with E-state index in [1.165, 1.54) is 22.2 Å². The number of carbonyl (C=O) groups excluding carboxylic acids is 1. The number of rotatable bonds is 6. The molecule has 0 aliphatic heterocycles. The molecule has 0 radical (unpaired) electrons. The highest BCUT2D eigenvalue weighted by molar-refractivity contribution is 7.10. The number of nitrogens with one attached hydrogen (secondary N) is 1. The molecule has 0 aliphatic rings. The highest BCUT2D eigenvalue weighted by atomic mass is 32.1. The van der Waals surface area contributed by atoms with E-state index in [1.54, 1.807) is 0 Å². The highest BCUT2D eigenvalue weighted by Crippen LogP contribution is 2.20. The maximum Gasteiger partial charge on any atom is 0.325 e. The van der Waals surface area contributed by atoms with Crippen LogP contribution in [0, 0.1) is 0 Å². The van der Waals surface area contributed by atoms with E-state index in [1.807, 2.05) is 24.4 Å². The molecule has 0 spiro atoms. The van der Waals surface area contributed by atoms with Crippen LogP contribution < -0.4 is 5.32 Å². The van der Waals surface area contributed by atoms with Crippen LogP contribution in [0.4, 0.5) is 0 Å². The number of hydrogen-bond donors (Lipinski definition) is 2. The molecular formula is C12H14N4O3S. The molecule has 2 N–H and O–H groups in total. The Bertz CT molecular complexity index is 594. The lowest BCUT2D eigenvalue weighted by molar-refractivity contribution is -0.138. The van der Waals surface area contributed by atoms with Crippen molar-refractivity contribution in [1.29, 1.82) is 0 Å². The molecule has 0 saturated carbocycles. The zero-order chi connectivity index (χ0) is 14.5. The van der Waals surface area contributed by atoms with E-state index in [-0.39, 0.29) is 24.9 Å². The Kier molecular flexibility index (Phi) is 4.46. The molecule has 0 aliphatic carbocycles. The maximum absolute atomic E-state index is 11.9. The molecule has 0 aromatic carbocycles. The van der Waals surface area contributed by atoms with Crippen LogP contribution in [-0.4, -0.2) is 32.0 Å². The van der Waals surface area contributed by atoms with Crippen LogP contribution in [0.3, 0.4) is 0 Å². The van der Waals surface area contributed by atoms with Crippen LogP contribution in [0.1, 0.15) is 23.4 Å². The van der Waals surface area contributed by atoms with E-state index in [2.05, 4.69) is 15.6 Å².